The van der Waals surface area contributed by atoms with E-state index in [1.54, 1.807) is 14.0 Å². The fourth-order valence-corrected chi connectivity index (χ4v) is 6.94. The van der Waals surface area contributed by atoms with Crippen LogP contribution in [-0.2, 0) is 19.1 Å². The third kappa shape index (κ3) is 4.48. The lowest BCUT2D eigenvalue weighted by Gasteiger charge is -2.55. The van der Waals surface area contributed by atoms with Crippen molar-refractivity contribution in [2.75, 3.05) is 20.2 Å². The largest absolute Gasteiger partial charge is 0.368 e. The molecule has 6 unspecified atom stereocenters. The molecule has 0 aromatic heterocycles. The van der Waals surface area contributed by atoms with E-state index in [0.29, 0.717) is 25.0 Å². The van der Waals surface area contributed by atoms with Crippen LogP contribution in [0.15, 0.2) is 0 Å². The Morgan fingerprint density at radius 2 is 1.71 bits per heavy atom. The zero-order valence-electron chi connectivity index (χ0n) is 19.3. The maximum Gasteiger partial charge on any atom is 0.252 e. The lowest BCUT2D eigenvalue weighted by molar-refractivity contribution is -0.160. The first-order valence-corrected chi connectivity index (χ1v) is 12.3. The summed E-state index contributed by atoms with van der Waals surface area (Å²) in [5.41, 5.74) is 0. The molecule has 4 fully saturated rings. The number of nitrogens with zero attached hydrogens (tertiary/aromatic N) is 2. The second kappa shape index (κ2) is 9.47. The maximum absolute atomic E-state index is 13.4. The van der Waals surface area contributed by atoms with Crippen molar-refractivity contribution in [1.82, 2.24) is 15.1 Å². The highest BCUT2D eigenvalue weighted by atomic mass is 16.5. The smallest absolute Gasteiger partial charge is 0.252 e. The van der Waals surface area contributed by atoms with Crippen LogP contribution in [0.2, 0.25) is 0 Å². The van der Waals surface area contributed by atoms with Gasteiger partial charge in [-0.2, -0.15) is 0 Å². The second-order valence-electron chi connectivity index (χ2n) is 10.2. The molecule has 7 atom stereocenters. The molecule has 0 aromatic rings. The number of carbonyl (C=O) groups is 3. The molecule has 0 bridgehead atoms. The van der Waals surface area contributed by atoms with Crippen LogP contribution >= 0.6 is 0 Å². The number of hydrogen-bond acceptors (Lipinski definition) is 4. The fourth-order valence-electron chi connectivity index (χ4n) is 6.94. The highest BCUT2D eigenvalue weighted by Gasteiger charge is 2.49. The van der Waals surface area contributed by atoms with Gasteiger partial charge in [0.25, 0.3) is 5.91 Å². The first-order valence-electron chi connectivity index (χ1n) is 12.3. The molecule has 7 nitrogen and oxygen atoms in total. The maximum atomic E-state index is 13.4. The van der Waals surface area contributed by atoms with Crippen molar-refractivity contribution in [1.29, 1.82) is 0 Å². The molecule has 31 heavy (non-hydrogen) atoms. The molecule has 0 aromatic carbocycles. The predicted octanol–water partition coefficient (Wildman–Crippen LogP) is 2.33. The lowest BCUT2D eigenvalue weighted by Crippen LogP contribution is -2.68. The van der Waals surface area contributed by atoms with Crippen LogP contribution in [0.3, 0.4) is 0 Å². The Labute approximate surface area is 186 Å². The Hall–Kier alpha value is -1.63. The third-order valence-electron chi connectivity index (χ3n) is 8.37. The Balaban J connectivity index is 1.52. The average molecular weight is 434 g/mol. The lowest BCUT2D eigenvalue weighted by atomic mass is 9.67. The molecule has 1 N–H and O–H groups in total. The third-order valence-corrected chi connectivity index (χ3v) is 8.37. The summed E-state index contributed by atoms with van der Waals surface area (Å²) < 4.78 is 5.74. The van der Waals surface area contributed by atoms with Gasteiger partial charge in [0.2, 0.25) is 11.8 Å². The molecule has 0 spiro atoms. The minimum atomic E-state index is -0.315. The molecule has 174 valence electrons. The van der Waals surface area contributed by atoms with Gasteiger partial charge in [0.1, 0.15) is 6.10 Å². The molecule has 2 aliphatic carbocycles. The van der Waals surface area contributed by atoms with E-state index in [2.05, 4.69) is 17.1 Å². The molecule has 2 aliphatic heterocycles. The van der Waals surface area contributed by atoms with Crippen molar-refractivity contribution in [2.45, 2.75) is 95.9 Å². The number of ether oxygens (including phenoxy) is 1. The molecule has 4 aliphatic rings. The van der Waals surface area contributed by atoms with E-state index >= 15 is 0 Å². The summed E-state index contributed by atoms with van der Waals surface area (Å²) in [6, 6.07) is 0.199. The number of nitrogens with one attached hydrogen (secondary N) is 1. The molecule has 4 rings (SSSR count). The first-order chi connectivity index (χ1) is 14.9. The molecule has 2 saturated heterocycles. The average Bonchev–Trinajstić information content (AvgIpc) is 3.32. The van der Waals surface area contributed by atoms with Crippen LogP contribution in [0.25, 0.3) is 0 Å². The van der Waals surface area contributed by atoms with Crippen LogP contribution in [0.5, 0.6) is 0 Å². The Morgan fingerprint density at radius 3 is 2.39 bits per heavy atom. The predicted molar refractivity (Wildman–Crippen MR) is 117 cm³/mol. The highest BCUT2D eigenvalue weighted by Crippen LogP contribution is 2.44. The van der Waals surface area contributed by atoms with E-state index in [9.17, 15) is 14.4 Å². The van der Waals surface area contributed by atoms with E-state index in [0.717, 1.165) is 51.4 Å². The summed E-state index contributed by atoms with van der Waals surface area (Å²) in [6.07, 6.45) is 8.58. The Morgan fingerprint density at radius 1 is 0.935 bits per heavy atom. The zero-order chi connectivity index (χ0) is 22.1. The Bertz CT molecular complexity index is 692. The van der Waals surface area contributed by atoms with Crippen molar-refractivity contribution in [2.24, 2.45) is 17.8 Å². The zero-order valence-corrected chi connectivity index (χ0v) is 19.3. The second-order valence-corrected chi connectivity index (χ2v) is 10.2. The van der Waals surface area contributed by atoms with Gasteiger partial charge in [0.15, 0.2) is 0 Å². The minimum absolute atomic E-state index is 0.0352. The molecule has 7 heteroatoms. The van der Waals surface area contributed by atoms with Gasteiger partial charge in [-0.1, -0.05) is 12.8 Å². The molecule has 2 saturated carbocycles. The number of carbonyl (C=O) groups excluding carboxylic acids is 3. The van der Waals surface area contributed by atoms with Crippen LogP contribution in [-0.4, -0.2) is 72.0 Å². The monoisotopic (exact) mass is 433 g/mol. The summed E-state index contributed by atoms with van der Waals surface area (Å²) in [7, 11) is 1.73. The van der Waals surface area contributed by atoms with Crippen molar-refractivity contribution in [3.05, 3.63) is 0 Å². The number of hydrogen-bond donors (Lipinski definition) is 1. The topological polar surface area (TPSA) is 79.0 Å². The normalized spacial score (nSPS) is 38.5. The van der Waals surface area contributed by atoms with Gasteiger partial charge in [0.05, 0.1) is 12.1 Å². The van der Waals surface area contributed by atoms with Crippen molar-refractivity contribution in [3.63, 3.8) is 0 Å². The van der Waals surface area contributed by atoms with Gasteiger partial charge < -0.3 is 19.9 Å². The van der Waals surface area contributed by atoms with Gasteiger partial charge >= 0.3 is 0 Å². The number of rotatable bonds is 3. The molecule has 0 radical (unpaired) electrons. The Kier molecular flexibility index (Phi) is 6.89. The van der Waals surface area contributed by atoms with E-state index in [4.69, 9.17) is 4.74 Å². The van der Waals surface area contributed by atoms with E-state index in [1.807, 2.05) is 4.90 Å². The van der Waals surface area contributed by atoms with Gasteiger partial charge in [-0.15, -0.1) is 0 Å². The minimum Gasteiger partial charge on any atom is -0.368 e. The van der Waals surface area contributed by atoms with E-state index in [1.165, 1.54) is 6.42 Å². The number of amides is 3. The van der Waals surface area contributed by atoms with Crippen molar-refractivity contribution in [3.8, 4) is 0 Å². The van der Waals surface area contributed by atoms with Gasteiger partial charge in [-0.3, -0.25) is 14.4 Å². The summed E-state index contributed by atoms with van der Waals surface area (Å²) >= 11 is 0. The fraction of sp³-hybridized carbons (Fsp3) is 0.875. The van der Waals surface area contributed by atoms with Crippen LogP contribution < -0.4 is 5.32 Å². The van der Waals surface area contributed by atoms with Crippen LogP contribution in [0.4, 0.5) is 0 Å². The van der Waals surface area contributed by atoms with Gasteiger partial charge in [-0.05, 0) is 63.7 Å². The van der Waals surface area contributed by atoms with Crippen molar-refractivity contribution < 1.29 is 19.1 Å². The van der Waals surface area contributed by atoms with Gasteiger partial charge in [-0.25, -0.2) is 0 Å². The molecular weight excluding hydrogens is 394 g/mol. The quantitative estimate of drug-likeness (QED) is 0.741. The van der Waals surface area contributed by atoms with Crippen LogP contribution in [0.1, 0.15) is 71.6 Å². The first kappa shape index (κ1) is 22.6. The molecule has 3 amide bonds. The number of fused-ring (bicyclic) bond motifs is 1. The number of piperazine rings is 1. The molecular formula is C24H39N3O4. The summed E-state index contributed by atoms with van der Waals surface area (Å²) in [5, 5.41) is 2.83. The summed E-state index contributed by atoms with van der Waals surface area (Å²) in [4.78, 5) is 42.2. The van der Waals surface area contributed by atoms with Crippen molar-refractivity contribution >= 4 is 17.7 Å². The van der Waals surface area contributed by atoms with Crippen LogP contribution in [0, 0.1) is 17.8 Å². The SMILES string of the molecule is CNC(=O)C1CCCC(C2CCC3C(C2)N(C(=O)C2CCCO2)C[C@H](C)N3C(C)=O)C1. The van der Waals surface area contributed by atoms with Gasteiger partial charge in [0, 0.05) is 39.1 Å². The standard InChI is InChI=1S/C24H39N3O4/c1-15-14-26(24(30)22-8-5-11-31-22)21-13-18(9-10-20(21)27(15)16(2)28)17-6-4-7-19(12-17)23(29)25-3/h15,17-22H,4-14H2,1-3H3,(H,25,29)/t15-,17?,18?,19?,20?,21?,22?/m0/s1. The summed E-state index contributed by atoms with van der Waals surface area (Å²) in [6.45, 7) is 4.98. The summed E-state index contributed by atoms with van der Waals surface area (Å²) in [5.74, 6) is 1.56. The highest BCUT2D eigenvalue weighted by molar-refractivity contribution is 5.82. The molecule has 2 heterocycles. The van der Waals surface area contributed by atoms with E-state index < -0.39 is 0 Å². The van der Waals surface area contributed by atoms with E-state index in [-0.39, 0.29) is 47.9 Å².